The van der Waals surface area contributed by atoms with Gasteiger partial charge in [0.1, 0.15) is 0 Å². The lowest BCUT2D eigenvalue weighted by Crippen LogP contribution is -2.33. The minimum absolute atomic E-state index is 0.0326. The number of nitrogens with zero attached hydrogens (tertiary/aromatic N) is 2. The van der Waals surface area contributed by atoms with Gasteiger partial charge in [-0.05, 0) is 56.4 Å². The van der Waals surface area contributed by atoms with Crippen LogP contribution in [0.5, 0.6) is 0 Å². The second-order valence-corrected chi connectivity index (χ2v) is 7.04. The van der Waals surface area contributed by atoms with Crippen molar-refractivity contribution in [1.29, 1.82) is 0 Å². The number of imide groups is 1. The van der Waals surface area contributed by atoms with Crippen LogP contribution in [0.25, 0.3) is 0 Å². The van der Waals surface area contributed by atoms with Gasteiger partial charge in [0.05, 0.1) is 17.5 Å². The number of hydrogen-bond acceptors (Lipinski definition) is 3. The number of fused-ring (bicyclic) bond motifs is 5. The molecule has 1 aliphatic heterocycles. The summed E-state index contributed by atoms with van der Waals surface area (Å²) in [5, 5.41) is 0. The van der Waals surface area contributed by atoms with E-state index in [0.717, 1.165) is 6.42 Å². The molecule has 2 aliphatic carbocycles. The molecule has 130 valence electrons. The number of anilines is 1. The number of amides is 3. The number of allylic oxidation sites excluding steroid dienone is 2. The summed E-state index contributed by atoms with van der Waals surface area (Å²) in [4.78, 5) is 41.1. The lowest BCUT2D eigenvalue weighted by Gasteiger charge is -2.20. The normalized spacial score (nSPS) is 29.4. The average molecular weight is 338 g/mol. The standard InChI is InChI=1S/C20H22N2O3/c1-3-21(4-2)18(23)12-7-9-15(10-8-12)22-19(24)16-13-5-6-14(11-13)17(16)20(22)25/h5-10,13-14,16-17H,3-4,11H2,1-2H3/t13-,14-,16-,17+/m1/s1. The van der Waals surface area contributed by atoms with Gasteiger partial charge in [-0.1, -0.05) is 12.2 Å². The molecule has 3 aliphatic rings. The molecule has 1 aromatic rings. The Labute approximate surface area is 147 Å². The van der Waals surface area contributed by atoms with Crippen molar-refractivity contribution in [2.24, 2.45) is 23.7 Å². The van der Waals surface area contributed by atoms with Gasteiger partial charge in [0.25, 0.3) is 5.91 Å². The minimum Gasteiger partial charge on any atom is -0.339 e. The maximum atomic E-state index is 12.8. The molecule has 2 bridgehead atoms. The third-order valence-corrected chi connectivity index (χ3v) is 5.89. The van der Waals surface area contributed by atoms with Crippen LogP contribution in [-0.4, -0.2) is 35.7 Å². The van der Waals surface area contributed by atoms with Crippen LogP contribution in [0.4, 0.5) is 5.69 Å². The third-order valence-electron chi connectivity index (χ3n) is 5.89. The molecule has 1 heterocycles. The highest BCUT2D eigenvalue weighted by Gasteiger charge is 2.59. The molecule has 4 rings (SSSR count). The van der Waals surface area contributed by atoms with E-state index in [0.29, 0.717) is 24.3 Å². The maximum absolute atomic E-state index is 12.8. The molecule has 5 nitrogen and oxygen atoms in total. The molecule has 4 atom stereocenters. The summed E-state index contributed by atoms with van der Waals surface area (Å²) < 4.78 is 0. The predicted molar refractivity (Wildman–Crippen MR) is 93.9 cm³/mol. The Morgan fingerprint density at radius 3 is 2.00 bits per heavy atom. The Kier molecular flexibility index (Phi) is 3.74. The van der Waals surface area contributed by atoms with Crippen molar-refractivity contribution in [2.45, 2.75) is 20.3 Å². The smallest absolute Gasteiger partial charge is 0.253 e. The Balaban J connectivity index is 1.58. The number of hydrogen-bond donors (Lipinski definition) is 0. The van der Waals surface area contributed by atoms with Crippen molar-refractivity contribution in [3.8, 4) is 0 Å². The number of benzene rings is 1. The van der Waals surface area contributed by atoms with E-state index in [9.17, 15) is 14.4 Å². The van der Waals surface area contributed by atoms with Gasteiger partial charge < -0.3 is 4.90 Å². The van der Waals surface area contributed by atoms with Gasteiger partial charge in [-0.25, -0.2) is 0 Å². The lowest BCUT2D eigenvalue weighted by atomic mass is 9.85. The van der Waals surface area contributed by atoms with E-state index in [4.69, 9.17) is 0 Å². The monoisotopic (exact) mass is 338 g/mol. The Morgan fingerprint density at radius 2 is 1.52 bits per heavy atom. The zero-order valence-electron chi connectivity index (χ0n) is 14.5. The van der Waals surface area contributed by atoms with Crippen LogP contribution in [-0.2, 0) is 9.59 Å². The molecule has 0 N–H and O–H groups in total. The topological polar surface area (TPSA) is 57.7 Å². The highest BCUT2D eigenvalue weighted by Crippen LogP contribution is 2.53. The van der Waals surface area contributed by atoms with Crippen molar-refractivity contribution < 1.29 is 14.4 Å². The molecule has 1 saturated carbocycles. The predicted octanol–water partition coefficient (Wildman–Crippen LogP) is 2.48. The van der Waals surface area contributed by atoms with E-state index in [1.54, 1.807) is 29.2 Å². The first-order valence-corrected chi connectivity index (χ1v) is 9.02. The second-order valence-electron chi connectivity index (χ2n) is 7.04. The quantitative estimate of drug-likeness (QED) is 0.626. The zero-order chi connectivity index (χ0) is 17.7. The summed E-state index contributed by atoms with van der Waals surface area (Å²) in [5.41, 5.74) is 1.15. The summed E-state index contributed by atoms with van der Waals surface area (Å²) in [5.74, 6) is -0.182. The van der Waals surface area contributed by atoms with Gasteiger partial charge in [-0.15, -0.1) is 0 Å². The van der Waals surface area contributed by atoms with Crippen molar-refractivity contribution >= 4 is 23.4 Å². The van der Waals surface area contributed by atoms with Crippen molar-refractivity contribution in [3.05, 3.63) is 42.0 Å². The van der Waals surface area contributed by atoms with E-state index >= 15 is 0 Å². The molecule has 0 aromatic heterocycles. The van der Waals surface area contributed by atoms with Gasteiger partial charge in [-0.3, -0.25) is 19.3 Å². The van der Waals surface area contributed by atoms with Gasteiger partial charge in [0, 0.05) is 18.7 Å². The van der Waals surface area contributed by atoms with Gasteiger partial charge >= 0.3 is 0 Å². The van der Waals surface area contributed by atoms with Crippen molar-refractivity contribution in [3.63, 3.8) is 0 Å². The van der Waals surface area contributed by atoms with Crippen LogP contribution >= 0.6 is 0 Å². The molecule has 0 radical (unpaired) electrons. The molecule has 2 fully saturated rings. The summed E-state index contributed by atoms with van der Waals surface area (Å²) in [7, 11) is 0. The first-order chi connectivity index (χ1) is 12.1. The van der Waals surface area contributed by atoms with Crippen molar-refractivity contribution in [2.75, 3.05) is 18.0 Å². The summed E-state index contributed by atoms with van der Waals surface area (Å²) in [6.07, 6.45) is 5.11. The van der Waals surface area contributed by atoms with E-state index < -0.39 is 0 Å². The summed E-state index contributed by atoms with van der Waals surface area (Å²) in [6.45, 7) is 5.19. The highest BCUT2D eigenvalue weighted by atomic mass is 16.2. The van der Waals surface area contributed by atoms with Crippen LogP contribution in [0.2, 0.25) is 0 Å². The van der Waals surface area contributed by atoms with Gasteiger partial charge in [0.15, 0.2) is 0 Å². The highest BCUT2D eigenvalue weighted by molar-refractivity contribution is 6.22. The maximum Gasteiger partial charge on any atom is 0.253 e. The van der Waals surface area contributed by atoms with E-state index in [1.165, 1.54) is 4.90 Å². The molecular weight excluding hydrogens is 316 g/mol. The fourth-order valence-corrected chi connectivity index (χ4v) is 4.60. The molecule has 1 saturated heterocycles. The third kappa shape index (κ3) is 2.25. The minimum atomic E-state index is -0.195. The first-order valence-electron chi connectivity index (χ1n) is 9.02. The molecule has 5 heteroatoms. The van der Waals surface area contributed by atoms with Gasteiger partial charge in [0.2, 0.25) is 11.8 Å². The molecule has 0 spiro atoms. The molecule has 1 aromatic carbocycles. The zero-order valence-corrected chi connectivity index (χ0v) is 14.5. The van der Waals surface area contributed by atoms with E-state index in [1.807, 2.05) is 13.8 Å². The van der Waals surface area contributed by atoms with Crippen LogP contribution in [0, 0.1) is 23.7 Å². The Hall–Kier alpha value is -2.43. The largest absolute Gasteiger partial charge is 0.339 e. The first kappa shape index (κ1) is 16.1. The molecule has 25 heavy (non-hydrogen) atoms. The number of carbonyl (C=O) groups excluding carboxylic acids is 3. The Morgan fingerprint density at radius 1 is 1.00 bits per heavy atom. The summed E-state index contributed by atoms with van der Waals surface area (Å²) >= 11 is 0. The van der Waals surface area contributed by atoms with E-state index in [-0.39, 0.29) is 41.4 Å². The fourth-order valence-electron chi connectivity index (χ4n) is 4.60. The lowest BCUT2D eigenvalue weighted by molar-refractivity contribution is -0.123. The second kappa shape index (κ2) is 5.83. The van der Waals surface area contributed by atoms with Crippen LogP contribution in [0.15, 0.2) is 36.4 Å². The SMILES string of the molecule is CCN(CC)C(=O)c1ccc(N2C(=O)[C@@H]3[C@H](C2=O)[C@@H]2C=C[C@@H]3C2)cc1. The van der Waals surface area contributed by atoms with Gasteiger partial charge in [-0.2, -0.15) is 0 Å². The van der Waals surface area contributed by atoms with E-state index in [2.05, 4.69) is 12.2 Å². The Bertz CT molecular complexity index is 734. The number of rotatable bonds is 4. The van der Waals surface area contributed by atoms with Crippen LogP contribution in [0.3, 0.4) is 0 Å². The van der Waals surface area contributed by atoms with Crippen molar-refractivity contribution in [1.82, 2.24) is 4.90 Å². The molecule has 3 amide bonds. The molecule has 0 unspecified atom stereocenters. The number of carbonyl (C=O) groups is 3. The fraction of sp³-hybridized carbons (Fsp3) is 0.450. The molecular formula is C20H22N2O3. The average Bonchev–Trinajstić information content (AvgIpc) is 3.30. The van der Waals surface area contributed by atoms with Crippen LogP contribution < -0.4 is 4.90 Å². The van der Waals surface area contributed by atoms with Crippen LogP contribution in [0.1, 0.15) is 30.6 Å². The summed E-state index contributed by atoms with van der Waals surface area (Å²) in [6, 6.07) is 6.83.